The summed E-state index contributed by atoms with van der Waals surface area (Å²) < 4.78 is 0. The van der Waals surface area contributed by atoms with Crippen molar-refractivity contribution in [2.45, 2.75) is 18.9 Å². The number of thiophene rings is 1. The van der Waals surface area contributed by atoms with Crippen molar-refractivity contribution in [3.05, 3.63) is 70.1 Å². The van der Waals surface area contributed by atoms with Crippen LogP contribution in [0.15, 0.2) is 54.6 Å². The summed E-state index contributed by atoms with van der Waals surface area (Å²) in [6.45, 7) is 1.67. The van der Waals surface area contributed by atoms with Crippen molar-refractivity contribution < 1.29 is 9.59 Å². The molecule has 3 aromatic rings. The van der Waals surface area contributed by atoms with Crippen LogP contribution in [0, 0.1) is 11.3 Å². The molecule has 0 unspecified atom stereocenters. The molecule has 1 aliphatic rings. The van der Waals surface area contributed by atoms with Gasteiger partial charge in [-0.3, -0.25) is 4.79 Å². The Bertz CT molecular complexity index is 1200. The summed E-state index contributed by atoms with van der Waals surface area (Å²) in [5.74, 6) is -0.226. The molecular formula is C24H22ClN5O2S. The molecular weight excluding hydrogens is 458 g/mol. The topological polar surface area (TPSA) is 106 Å². The zero-order valence-electron chi connectivity index (χ0n) is 17.7. The van der Waals surface area contributed by atoms with Crippen LogP contribution in [0.3, 0.4) is 0 Å². The summed E-state index contributed by atoms with van der Waals surface area (Å²) in [6, 6.07) is 17.3. The van der Waals surface area contributed by atoms with E-state index in [2.05, 4.69) is 21.3 Å². The third kappa shape index (κ3) is 5.90. The molecule has 1 aliphatic heterocycles. The number of amides is 3. The third-order valence-electron chi connectivity index (χ3n) is 5.20. The van der Waals surface area contributed by atoms with Gasteiger partial charge in [0, 0.05) is 28.2 Å². The van der Waals surface area contributed by atoms with Gasteiger partial charge in [-0.25, -0.2) is 4.79 Å². The van der Waals surface area contributed by atoms with Crippen molar-refractivity contribution in [2.75, 3.05) is 23.7 Å². The highest BCUT2D eigenvalue weighted by Gasteiger charge is 2.22. The molecule has 0 aliphatic carbocycles. The van der Waals surface area contributed by atoms with Crippen LogP contribution in [0.25, 0.3) is 10.4 Å². The first-order valence-corrected chi connectivity index (χ1v) is 11.7. The normalized spacial score (nSPS) is 15.3. The predicted molar refractivity (Wildman–Crippen MR) is 132 cm³/mol. The van der Waals surface area contributed by atoms with E-state index in [9.17, 15) is 9.59 Å². The summed E-state index contributed by atoms with van der Waals surface area (Å²) in [5, 5.41) is 21.5. The number of piperidine rings is 1. The minimum atomic E-state index is -0.501. The fourth-order valence-electron chi connectivity index (χ4n) is 3.59. The molecule has 0 spiro atoms. The first-order valence-electron chi connectivity index (χ1n) is 10.5. The number of hydrogen-bond donors (Lipinski definition) is 4. The van der Waals surface area contributed by atoms with Crippen LogP contribution >= 0.6 is 22.9 Å². The highest BCUT2D eigenvalue weighted by atomic mass is 35.5. The second-order valence-corrected chi connectivity index (χ2v) is 9.14. The Morgan fingerprint density at radius 2 is 1.94 bits per heavy atom. The lowest BCUT2D eigenvalue weighted by atomic mass is 10.1. The van der Waals surface area contributed by atoms with Crippen molar-refractivity contribution in [3.8, 4) is 16.5 Å². The minimum absolute atomic E-state index is 0.0442. The van der Waals surface area contributed by atoms with Crippen LogP contribution in [-0.4, -0.2) is 31.1 Å². The number of hydrogen-bond acceptors (Lipinski definition) is 5. The van der Waals surface area contributed by atoms with Crippen molar-refractivity contribution >= 4 is 46.3 Å². The average Bonchev–Trinajstić information content (AvgIpc) is 3.24. The molecule has 9 heteroatoms. The smallest absolute Gasteiger partial charge is 0.323 e. The first-order chi connectivity index (χ1) is 16.0. The highest BCUT2D eigenvalue weighted by molar-refractivity contribution is 7.18. The van der Waals surface area contributed by atoms with Gasteiger partial charge in [0.1, 0.15) is 4.88 Å². The zero-order chi connectivity index (χ0) is 23.2. The van der Waals surface area contributed by atoms with E-state index in [-0.39, 0.29) is 11.9 Å². The molecule has 1 fully saturated rings. The molecule has 1 aromatic heterocycles. The van der Waals surface area contributed by atoms with E-state index in [1.165, 1.54) is 11.3 Å². The molecule has 1 atom stereocenters. The van der Waals surface area contributed by atoms with Gasteiger partial charge in [-0.2, -0.15) is 5.26 Å². The Morgan fingerprint density at radius 3 is 2.67 bits per heavy atom. The monoisotopic (exact) mass is 479 g/mol. The van der Waals surface area contributed by atoms with Gasteiger partial charge in [0.2, 0.25) is 0 Å². The van der Waals surface area contributed by atoms with Crippen LogP contribution in [-0.2, 0) is 0 Å². The maximum absolute atomic E-state index is 13.1. The van der Waals surface area contributed by atoms with Crippen LogP contribution in [0.1, 0.15) is 28.1 Å². The summed E-state index contributed by atoms with van der Waals surface area (Å²) in [5.41, 5.74) is 2.24. The molecule has 168 valence electrons. The number of anilines is 2. The number of carbonyl (C=O) groups is 2. The molecule has 4 N–H and O–H groups in total. The lowest BCUT2D eigenvalue weighted by molar-refractivity contribution is 0.0935. The number of halogens is 1. The summed E-state index contributed by atoms with van der Waals surface area (Å²) >= 11 is 7.32. The standard InChI is InChI=1S/C24H22ClN5O2S/c25-17-8-6-16(7-9-17)21-12-20(22(33-21)23(31)28-19-5-2-10-27-14-19)30-24(32)29-18-4-1-3-15(11-18)13-26/h1,3-4,6-9,11-12,19,27H,2,5,10,14H2,(H,28,31)(H2,29,30,32)/t19-/m0/s1. The molecule has 0 bridgehead atoms. The number of nitrogens with zero attached hydrogens (tertiary/aromatic N) is 1. The molecule has 2 aromatic carbocycles. The van der Waals surface area contributed by atoms with E-state index in [4.69, 9.17) is 16.9 Å². The molecule has 33 heavy (non-hydrogen) atoms. The van der Waals surface area contributed by atoms with E-state index in [1.54, 1.807) is 42.5 Å². The molecule has 3 amide bonds. The van der Waals surface area contributed by atoms with Crippen molar-refractivity contribution in [1.29, 1.82) is 5.26 Å². The van der Waals surface area contributed by atoms with Gasteiger partial charge >= 0.3 is 6.03 Å². The van der Waals surface area contributed by atoms with Crippen molar-refractivity contribution in [2.24, 2.45) is 0 Å². The molecule has 4 rings (SSSR count). The summed E-state index contributed by atoms with van der Waals surface area (Å²) in [4.78, 5) is 27.0. The maximum Gasteiger partial charge on any atom is 0.323 e. The molecule has 2 heterocycles. The van der Waals surface area contributed by atoms with E-state index in [0.29, 0.717) is 26.8 Å². The Kier molecular flexibility index (Phi) is 7.25. The van der Waals surface area contributed by atoms with Crippen LogP contribution in [0.5, 0.6) is 0 Å². The predicted octanol–water partition coefficient (Wildman–Crippen LogP) is 5.07. The minimum Gasteiger partial charge on any atom is -0.347 e. The number of carbonyl (C=O) groups excluding carboxylic acids is 2. The SMILES string of the molecule is N#Cc1cccc(NC(=O)Nc2cc(-c3ccc(Cl)cc3)sc2C(=O)N[C@H]2CCCNC2)c1. The maximum atomic E-state index is 13.1. The van der Waals surface area contributed by atoms with Gasteiger partial charge in [-0.15, -0.1) is 11.3 Å². The zero-order valence-corrected chi connectivity index (χ0v) is 19.2. The van der Waals surface area contributed by atoms with Gasteiger partial charge in [0.25, 0.3) is 5.91 Å². The number of benzene rings is 2. The van der Waals surface area contributed by atoms with E-state index < -0.39 is 6.03 Å². The molecule has 7 nitrogen and oxygen atoms in total. The lowest BCUT2D eigenvalue weighted by Gasteiger charge is -2.23. The van der Waals surface area contributed by atoms with E-state index in [0.717, 1.165) is 36.4 Å². The van der Waals surface area contributed by atoms with Gasteiger partial charge in [-0.1, -0.05) is 29.8 Å². The summed E-state index contributed by atoms with van der Waals surface area (Å²) in [6.07, 6.45) is 1.91. The second kappa shape index (κ2) is 10.5. The number of rotatable bonds is 5. The van der Waals surface area contributed by atoms with Gasteiger partial charge in [0.15, 0.2) is 0 Å². The summed E-state index contributed by atoms with van der Waals surface area (Å²) in [7, 11) is 0. The second-order valence-electron chi connectivity index (χ2n) is 7.65. The number of nitriles is 1. The van der Waals surface area contributed by atoms with Gasteiger partial charge in [-0.05, 0) is 61.3 Å². The third-order valence-corrected chi connectivity index (χ3v) is 6.63. The van der Waals surface area contributed by atoms with Crippen molar-refractivity contribution in [3.63, 3.8) is 0 Å². The van der Waals surface area contributed by atoms with Crippen molar-refractivity contribution in [1.82, 2.24) is 10.6 Å². The quantitative estimate of drug-likeness (QED) is 0.410. The molecule has 0 saturated carbocycles. The lowest BCUT2D eigenvalue weighted by Crippen LogP contribution is -2.45. The Hall–Kier alpha value is -3.38. The Morgan fingerprint density at radius 1 is 1.12 bits per heavy atom. The fourth-order valence-corrected chi connectivity index (χ4v) is 4.73. The van der Waals surface area contributed by atoms with E-state index in [1.807, 2.05) is 18.2 Å². The Labute approximate surface area is 200 Å². The van der Waals surface area contributed by atoms with Crippen LogP contribution in [0.4, 0.5) is 16.2 Å². The van der Waals surface area contributed by atoms with Gasteiger partial charge in [0.05, 0.1) is 17.3 Å². The number of urea groups is 1. The molecule has 0 radical (unpaired) electrons. The molecule has 1 saturated heterocycles. The number of nitrogens with one attached hydrogen (secondary N) is 4. The average molecular weight is 480 g/mol. The van der Waals surface area contributed by atoms with Gasteiger partial charge < -0.3 is 21.3 Å². The first kappa shape index (κ1) is 22.8. The largest absolute Gasteiger partial charge is 0.347 e. The van der Waals surface area contributed by atoms with Crippen LogP contribution < -0.4 is 21.3 Å². The fraction of sp³-hybridized carbons (Fsp3) is 0.208. The van der Waals surface area contributed by atoms with E-state index >= 15 is 0 Å². The Balaban J connectivity index is 1.57. The highest BCUT2D eigenvalue weighted by Crippen LogP contribution is 2.35. The van der Waals surface area contributed by atoms with Crippen LogP contribution in [0.2, 0.25) is 5.02 Å².